The number of esters is 3. The predicted molar refractivity (Wildman–Crippen MR) is 372 cm³/mol. The summed E-state index contributed by atoms with van der Waals surface area (Å²) in [7, 11) is 0. The lowest BCUT2D eigenvalue weighted by atomic mass is 9.30. The minimum Gasteiger partial charge on any atom is -0.479 e. The van der Waals surface area contributed by atoms with E-state index in [4.69, 9.17) is 66.3 Å². The van der Waals surface area contributed by atoms with Crippen LogP contribution in [0.4, 0.5) is 0 Å². The van der Waals surface area contributed by atoms with E-state index in [1.54, 1.807) is 26.0 Å². The van der Waals surface area contributed by atoms with Gasteiger partial charge in [-0.05, 0) is 118 Å². The normalized spacial score (nSPS) is 49.0. The van der Waals surface area contributed by atoms with E-state index in [1.165, 1.54) is 19.9 Å². The summed E-state index contributed by atoms with van der Waals surface area (Å²) in [6.45, 7) is 16.8. The van der Waals surface area contributed by atoms with Crippen molar-refractivity contribution in [2.45, 2.75) is 305 Å². The Hall–Kier alpha value is -4.42. The molecule has 620 valence electrons. The van der Waals surface area contributed by atoms with E-state index in [2.05, 4.69) is 20.8 Å². The van der Waals surface area contributed by atoms with Gasteiger partial charge >= 0.3 is 23.9 Å². The average molecular weight is 1570 g/mol. The van der Waals surface area contributed by atoms with Gasteiger partial charge in [0.1, 0.15) is 115 Å². The van der Waals surface area contributed by atoms with Gasteiger partial charge in [0.15, 0.2) is 43.8 Å². The van der Waals surface area contributed by atoms with E-state index in [0.717, 1.165) is 5.56 Å². The highest BCUT2D eigenvalue weighted by molar-refractivity contribution is 5.87. The van der Waals surface area contributed by atoms with Crippen LogP contribution in [0.1, 0.15) is 133 Å². The number of allylic oxidation sites excluding steroid dienone is 2. The number of aliphatic hydroxyl groups excluding tert-OH is 13. The van der Waals surface area contributed by atoms with Gasteiger partial charge in [0.25, 0.3) is 0 Å². The third kappa shape index (κ3) is 14.2. The monoisotopic (exact) mass is 1570 g/mol. The number of carboxylic acids is 1. The van der Waals surface area contributed by atoms with E-state index < -0.39 is 266 Å². The van der Waals surface area contributed by atoms with Crippen LogP contribution in [0, 0.1) is 56.2 Å². The number of rotatable bonds is 22. The highest BCUT2D eigenvalue weighted by Gasteiger charge is 2.86. The van der Waals surface area contributed by atoms with Gasteiger partial charge in [-0.15, -0.1) is 0 Å². The zero-order chi connectivity index (χ0) is 80.2. The van der Waals surface area contributed by atoms with Gasteiger partial charge in [-0.1, -0.05) is 91.0 Å². The van der Waals surface area contributed by atoms with E-state index in [9.17, 15) is 95.8 Å². The molecule has 33 nitrogen and oxygen atoms in total. The lowest BCUT2D eigenvalue weighted by Gasteiger charge is -2.75. The van der Waals surface area contributed by atoms with Crippen molar-refractivity contribution in [1.29, 1.82) is 0 Å². The Morgan fingerprint density at radius 1 is 0.609 bits per heavy atom. The molecule has 1 spiro atoms. The molecule has 36 atom stereocenters. The molecular weight excluding hydrogens is 1450 g/mol. The van der Waals surface area contributed by atoms with Crippen LogP contribution in [-0.2, 0) is 91.9 Å². The second-order valence-corrected chi connectivity index (χ2v) is 34.6. The first-order chi connectivity index (χ1) is 51.7. The summed E-state index contributed by atoms with van der Waals surface area (Å²) >= 11 is 0. The van der Waals surface area contributed by atoms with Gasteiger partial charge in [-0.3, -0.25) is 4.79 Å². The smallest absolute Gasteiger partial charge is 0.335 e. The van der Waals surface area contributed by atoms with E-state index in [1.807, 2.05) is 58.0 Å². The number of aliphatic hydroxyl groups is 14. The number of aliphatic carboxylic acids is 1. The summed E-state index contributed by atoms with van der Waals surface area (Å²) in [6, 6.07) is 9.52. The zero-order valence-corrected chi connectivity index (χ0v) is 63.9. The molecule has 2 bridgehead atoms. The van der Waals surface area contributed by atoms with Crippen LogP contribution >= 0.6 is 0 Å². The Labute approximate surface area is 637 Å². The summed E-state index contributed by atoms with van der Waals surface area (Å²) < 4.78 is 88.6. The van der Waals surface area contributed by atoms with Crippen molar-refractivity contribution in [3.05, 3.63) is 59.7 Å². The maximum Gasteiger partial charge on any atom is 0.335 e. The highest BCUT2D eigenvalue weighted by Crippen LogP contribution is 2.82. The molecule has 6 heterocycles. The molecule has 0 radical (unpaired) electrons. The molecule has 0 amide bonds. The molecule has 11 aliphatic rings. The second kappa shape index (κ2) is 31.9. The van der Waals surface area contributed by atoms with Gasteiger partial charge in [0, 0.05) is 35.8 Å². The molecule has 6 aliphatic heterocycles. The maximum absolute atomic E-state index is 14.5. The minimum atomic E-state index is -2.38. The van der Waals surface area contributed by atoms with Crippen LogP contribution < -0.4 is 0 Å². The summed E-state index contributed by atoms with van der Waals surface area (Å²) in [4.78, 5) is 55.5. The molecule has 4 unspecified atom stereocenters. The van der Waals surface area contributed by atoms with Crippen molar-refractivity contribution in [3.63, 3.8) is 0 Å². The van der Waals surface area contributed by atoms with Gasteiger partial charge in [0.05, 0.1) is 50.8 Å². The zero-order valence-electron chi connectivity index (χ0n) is 63.9. The molecule has 1 aromatic rings. The van der Waals surface area contributed by atoms with Crippen molar-refractivity contribution in [3.8, 4) is 0 Å². The first-order valence-electron chi connectivity index (χ1n) is 38.4. The van der Waals surface area contributed by atoms with Crippen LogP contribution in [0.25, 0.3) is 0 Å². The topological polar surface area (TPSA) is 501 Å². The lowest BCUT2D eigenvalue weighted by Crippen LogP contribution is -2.77. The molecular formula is C77H114O33. The average Bonchev–Trinajstić information content (AvgIpc) is 1.40. The fraction of sp³-hybridized carbons (Fsp3) is 0.818. The largest absolute Gasteiger partial charge is 0.479 e. The number of fused-ring (bicyclic) bond motifs is 4. The van der Waals surface area contributed by atoms with E-state index in [0.29, 0.717) is 50.5 Å². The van der Waals surface area contributed by atoms with Crippen LogP contribution in [0.3, 0.4) is 0 Å². The Balaban J connectivity index is 0.866. The van der Waals surface area contributed by atoms with Crippen molar-refractivity contribution in [1.82, 2.24) is 0 Å². The van der Waals surface area contributed by atoms with Crippen LogP contribution in [-0.4, -0.2) is 305 Å². The molecule has 110 heavy (non-hydrogen) atoms. The van der Waals surface area contributed by atoms with E-state index >= 15 is 0 Å². The first kappa shape index (κ1) is 85.0. The molecule has 0 aromatic heterocycles. The molecule has 15 N–H and O–H groups in total. The SMILES string of the molecule is C/C=C(/C)C(=O)OC[C@H]1C(OC(=O)/C=C/Cc2ccccc2)C23[C@H](O)O[C@@]4(CCC5[C@@]6(C)CC[C@H](O[C@@H]7O[C@H](C(=O)O)[C@@H](O)[C@H](O[C@@H]8O[C@H](CO)[C@H](O)[C@H](O)[C@H]8O[C@@H]8O[C@@H](C)[C@H](O)[C@@H](O)[C@H]8O[C@@H]8OC[C@](O)(CO)[C@H]8O)[C@H]7O[C@@H]7O[C@H](CO)[C@H](O)[C@H](O)[C@H]7O)C(C)(C)C6CC[C@@]5(C)[C@]4(C)C[C@H]2OC(C)=O)[C@@H]3CC1(C)C. The number of carboxylic acid groups (broad SMARTS) is 1. The second-order valence-electron chi connectivity index (χ2n) is 34.6. The Morgan fingerprint density at radius 3 is 1.84 bits per heavy atom. The standard InChI is InChI=1S/C77H114O33/c1-12-34(2)63(94)97-31-38-61(104-46(82)20-16-19-37-17-14-13-15-18-37)77-43(27-70(38,5)6)76(110-69(77)95)26-22-42-72(9)24-23-44(71(7,8)41(72)21-25-73(42,10)74(76,11)28-45(77)100-36(4)81)103-67-59(109-64-53(89)50(86)48(84)39(29-78)101-64)55(54(90)56(106-67)62(92)93)105-66-58(52(88)49(85)40(30-79)102-66)107-65-57(51(87)47(83)35(3)99-65)108-68-60(91)75(96,32-80)33-98-68/h12-18,20,35,38-45,47-61,64-69,78-80,83-91,95-96H,19,21-33H2,1-11H3,(H,92,93)/b20-16+,34-12-/t35-,38-,39+,40+,41?,42?,43-,44-,45+,47-,48-,49-,50-,51+,52-,53+,54-,55-,56-,57+,58+,59+,60-,61?,64-,65-,66-,67+,68-,69+,72-,73+,74-,75+,76-,77?/m0/s1. The van der Waals surface area contributed by atoms with Crippen molar-refractivity contribution in [2.75, 3.05) is 33.0 Å². The molecule has 5 saturated carbocycles. The number of hydrogen-bond donors (Lipinski definition) is 15. The number of carbonyl (C=O) groups excluding carboxylic acids is 3. The molecule has 12 rings (SSSR count). The number of benzene rings is 1. The summed E-state index contributed by atoms with van der Waals surface area (Å²) in [5.41, 5.74) is -7.54. The number of hydrogen-bond acceptors (Lipinski definition) is 32. The third-order valence-corrected chi connectivity index (χ3v) is 28.1. The molecule has 33 heteroatoms. The van der Waals surface area contributed by atoms with Gasteiger partial charge in [-0.25, -0.2) is 14.4 Å². The fourth-order valence-electron chi connectivity index (χ4n) is 21.7. The number of ether oxygens (including phenoxy) is 14. The lowest BCUT2D eigenvalue weighted by molar-refractivity contribution is -0.409. The van der Waals surface area contributed by atoms with Gasteiger partial charge < -0.3 is 143 Å². The van der Waals surface area contributed by atoms with Crippen molar-refractivity contribution < 1.29 is 162 Å². The fourth-order valence-corrected chi connectivity index (χ4v) is 21.7. The van der Waals surface area contributed by atoms with Crippen LogP contribution in [0.2, 0.25) is 0 Å². The quantitative estimate of drug-likeness (QED) is 0.0292. The summed E-state index contributed by atoms with van der Waals surface area (Å²) in [6.07, 6.45) is -40.5. The number of carbonyl (C=O) groups is 4. The minimum absolute atomic E-state index is 0.135. The molecule has 6 saturated heterocycles. The Morgan fingerprint density at radius 2 is 1.21 bits per heavy atom. The predicted octanol–water partition coefficient (Wildman–Crippen LogP) is -0.821. The van der Waals surface area contributed by atoms with Crippen LogP contribution in [0.15, 0.2) is 54.1 Å². The van der Waals surface area contributed by atoms with Crippen LogP contribution in [0.5, 0.6) is 0 Å². The van der Waals surface area contributed by atoms with E-state index in [-0.39, 0.29) is 31.3 Å². The van der Waals surface area contributed by atoms with Gasteiger partial charge in [0.2, 0.25) is 0 Å². The molecule has 5 aliphatic carbocycles. The van der Waals surface area contributed by atoms with Crippen molar-refractivity contribution >= 4 is 23.9 Å². The maximum atomic E-state index is 14.5. The third-order valence-electron chi connectivity index (χ3n) is 28.1. The first-order valence-corrected chi connectivity index (χ1v) is 38.4. The Kier molecular flexibility index (Phi) is 24.6. The highest BCUT2D eigenvalue weighted by atomic mass is 16.8. The van der Waals surface area contributed by atoms with Crippen molar-refractivity contribution in [2.24, 2.45) is 56.2 Å². The molecule has 1 aromatic carbocycles. The Bertz CT molecular complexity index is 3490. The summed E-state index contributed by atoms with van der Waals surface area (Å²) in [5.74, 6) is -5.47. The summed E-state index contributed by atoms with van der Waals surface area (Å²) in [5, 5.41) is 169. The molecule has 11 fully saturated rings. The van der Waals surface area contributed by atoms with Gasteiger partial charge in [-0.2, -0.15) is 0 Å².